The number of alkyl halides is 3. The summed E-state index contributed by atoms with van der Waals surface area (Å²) in [5.74, 6) is -1.91. The van der Waals surface area contributed by atoms with Crippen LogP contribution in [0.25, 0.3) is 0 Å². The van der Waals surface area contributed by atoms with E-state index in [9.17, 15) is 27.6 Å². The summed E-state index contributed by atoms with van der Waals surface area (Å²) >= 11 is 12.3. The molecule has 41 heavy (non-hydrogen) atoms. The minimum atomic E-state index is -4.90. The molecule has 0 saturated heterocycles. The summed E-state index contributed by atoms with van der Waals surface area (Å²) in [6, 6.07) is 0. The molecule has 2 heterocycles. The number of aromatic nitrogens is 3. The van der Waals surface area contributed by atoms with Gasteiger partial charge in [0.2, 0.25) is 0 Å². The molecule has 0 radical (unpaired) electrons. The summed E-state index contributed by atoms with van der Waals surface area (Å²) in [6.07, 6.45) is 0.527. The predicted octanol–water partition coefficient (Wildman–Crippen LogP) is 6.59. The van der Waals surface area contributed by atoms with E-state index in [-0.39, 0.29) is 34.7 Å². The molecular formula is C28H33Cl2F3N4O4. The number of esters is 1. The monoisotopic (exact) mass is 616 g/mol. The molecule has 0 atom stereocenters. The van der Waals surface area contributed by atoms with E-state index in [1.807, 2.05) is 0 Å². The highest BCUT2D eigenvalue weighted by Crippen LogP contribution is 2.57. The van der Waals surface area contributed by atoms with E-state index < -0.39 is 52.0 Å². The number of amides is 1. The summed E-state index contributed by atoms with van der Waals surface area (Å²) in [5.41, 5.74) is -4.09. The Kier molecular flexibility index (Phi) is 8.55. The van der Waals surface area contributed by atoms with Crippen LogP contribution in [0.2, 0.25) is 10.0 Å². The minimum Gasteiger partial charge on any atom is -0.466 e. The Balaban J connectivity index is 1.70. The SMILES string of the molecule is CCOC(=O)C12CCC(n3ncc(C(=O)N(CC(=O)c4c(Cl)cncc4Cl)CC(C)(C)C)c3C(F)(F)F)(CC1)CC2. The fourth-order valence-electron chi connectivity index (χ4n) is 6.08. The van der Waals surface area contributed by atoms with E-state index in [2.05, 4.69) is 10.1 Å². The van der Waals surface area contributed by atoms with Crippen molar-refractivity contribution in [2.75, 3.05) is 19.7 Å². The van der Waals surface area contributed by atoms with Crippen LogP contribution in [0.4, 0.5) is 13.2 Å². The number of pyridine rings is 1. The maximum absolute atomic E-state index is 14.7. The van der Waals surface area contributed by atoms with Gasteiger partial charge >= 0.3 is 12.1 Å². The third-order valence-corrected chi connectivity index (χ3v) is 8.62. The Morgan fingerprint density at radius 2 is 1.56 bits per heavy atom. The lowest BCUT2D eigenvalue weighted by molar-refractivity contribution is -0.168. The second kappa shape index (κ2) is 11.2. The van der Waals surface area contributed by atoms with Crippen molar-refractivity contribution in [2.24, 2.45) is 10.8 Å². The van der Waals surface area contributed by atoms with Crippen LogP contribution < -0.4 is 0 Å². The minimum absolute atomic E-state index is 0.0203. The number of hydrogen-bond acceptors (Lipinski definition) is 6. The first-order valence-electron chi connectivity index (χ1n) is 13.5. The summed E-state index contributed by atoms with van der Waals surface area (Å²) < 4.78 is 50.3. The number of ether oxygens (including phenoxy) is 1. The standard InChI is InChI=1S/C28H33Cl2F3N4O4/c1-5-41-24(40)26-6-9-27(10-7-26,11-8-26)37-22(28(31,32)33)17(12-35-37)23(39)36(16-25(2,3)4)15-20(38)21-18(29)13-34-14-19(21)30/h12-14H,5-11,15-16H2,1-4H3. The van der Waals surface area contributed by atoms with Gasteiger partial charge in [-0.25, -0.2) is 0 Å². The van der Waals surface area contributed by atoms with Gasteiger partial charge in [-0.1, -0.05) is 44.0 Å². The molecule has 3 fully saturated rings. The first kappa shape index (κ1) is 31.3. The van der Waals surface area contributed by atoms with E-state index >= 15 is 0 Å². The van der Waals surface area contributed by atoms with Crippen molar-refractivity contribution >= 4 is 40.9 Å². The molecule has 2 aromatic rings. The summed E-state index contributed by atoms with van der Waals surface area (Å²) in [6.45, 7) is 6.80. The number of carbonyl (C=O) groups is 3. The number of hydrogen-bond donors (Lipinski definition) is 0. The van der Waals surface area contributed by atoms with E-state index in [0.717, 1.165) is 15.8 Å². The number of carbonyl (C=O) groups excluding carboxylic acids is 3. The largest absolute Gasteiger partial charge is 0.466 e. The Hall–Kier alpha value is -2.66. The van der Waals surface area contributed by atoms with Gasteiger partial charge in [-0.05, 0) is 50.9 Å². The van der Waals surface area contributed by atoms with E-state index in [1.165, 1.54) is 12.4 Å². The molecule has 0 aliphatic heterocycles. The molecule has 1 amide bonds. The molecule has 8 nitrogen and oxygen atoms in total. The Morgan fingerprint density at radius 1 is 1.00 bits per heavy atom. The van der Waals surface area contributed by atoms with Gasteiger partial charge in [-0.2, -0.15) is 18.3 Å². The lowest BCUT2D eigenvalue weighted by Crippen LogP contribution is -2.52. The fourth-order valence-corrected chi connectivity index (χ4v) is 6.66. The average Bonchev–Trinajstić information content (AvgIpc) is 3.35. The zero-order valence-corrected chi connectivity index (χ0v) is 24.9. The molecule has 2 aromatic heterocycles. The molecule has 13 heteroatoms. The third kappa shape index (κ3) is 6.11. The first-order valence-corrected chi connectivity index (χ1v) is 14.2. The van der Waals surface area contributed by atoms with Crippen molar-refractivity contribution < 1.29 is 32.3 Å². The Morgan fingerprint density at radius 3 is 2.05 bits per heavy atom. The van der Waals surface area contributed by atoms with Gasteiger partial charge < -0.3 is 9.64 Å². The number of halogens is 5. The summed E-state index contributed by atoms with van der Waals surface area (Å²) in [7, 11) is 0. The molecule has 5 rings (SSSR count). The highest BCUT2D eigenvalue weighted by molar-refractivity contribution is 6.39. The molecule has 3 aliphatic rings. The van der Waals surface area contributed by atoms with Crippen molar-refractivity contribution in [1.82, 2.24) is 19.7 Å². The van der Waals surface area contributed by atoms with Crippen molar-refractivity contribution in [2.45, 2.75) is 77.9 Å². The maximum atomic E-state index is 14.7. The van der Waals surface area contributed by atoms with Crippen LogP contribution in [0.15, 0.2) is 18.6 Å². The number of rotatable bonds is 8. The normalized spacial score (nSPS) is 22.5. The predicted molar refractivity (Wildman–Crippen MR) is 146 cm³/mol. The van der Waals surface area contributed by atoms with Gasteiger partial charge in [0.25, 0.3) is 5.91 Å². The first-order chi connectivity index (χ1) is 19.0. The van der Waals surface area contributed by atoms with Gasteiger partial charge in [0.15, 0.2) is 11.5 Å². The van der Waals surface area contributed by atoms with Crippen LogP contribution in [0, 0.1) is 10.8 Å². The van der Waals surface area contributed by atoms with Crippen LogP contribution >= 0.6 is 23.2 Å². The van der Waals surface area contributed by atoms with Gasteiger partial charge in [-0.3, -0.25) is 24.0 Å². The summed E-state index contributed by atoms with van der Waals surface area (Å²) in [4.78, 5) is 44.6. The lowest BCUT2D eigenvalue weighted by atomic mass is 9.57. The molecule has 0 spiro atoms. The maximum Gasteiger partial charge on any atom is 0.433 e. The highest BCUT2D eigenvalue weighted by Gasteiger charge is 2.57. The van der Waals surface area contributed by atoms with Crippen molar-refractivity contribution in [3.05, 3.63) is 45.5 Å². The topological polar surface area (TPSA) is 94.4 Å². The van der Waals surface area contributed by atoms with Crippen molar-refractivity contribution in [3.63, 3.8) is 0 Å². The smallest absolute Gasteiger partial charge is 0.433 e. The van der Waals surface area contributed by atoms with Crippen LogP contribution in [-0.2, 0) is 21.2 Å². The van der Waals surface area contributed by atoms with Crippen molar-refractivity contribution in [1.29, 1.82) is 0 Å². The molecule has 3 aliphatic carbocycles. The fraction of sp³-hybridized carbons (Fsp3) is 0.607. The van der Waals surface area contributed by atoms with E-state index in [0.29, 0.717) is 38.5 Å². The van der Waals surface area contributed by atoms with Crippen LogP contribution in [-0.4, -0.2) is 57.0 Å². The zero-order chi connectivity index (χ0) is 30.4. The van der Waals surface area contributed by atoms with E-state index in [4.69, 9.17) is 27.9 Å². The quantitative estimate of drug-likeness (QED) is 0.245. The lowest BCUT2D eigenvalue weighted by Gasteiger charge is -2.52. The highest BCUT2D eigenvalue weighted by atomic mass is 35.5. The number of fused-ring (bicyclic) bond motifs is 3. The molecular weight excluding hydrogens is 584 g/mol. The number of Topliss-reactive ketones (excluding diaryl/α,β-unsaturated/α-hetero) is 1. The molecule has 0 aromatic carbocycles. The number of nitrogens with zero attached hydrogens (tertiary/aromatic N) is 4. The molecule has 0 unspecified atom stereocenters. The zero-order valence-electron chi connectivity index (χ0n) is 23.4. The van der Waals surface area contributed by atoms with E-state index in [1.54, 1.807) is 27.7 Å². The van der Waals surface area contributed by atoms with Gasteiger partial charge in [0, 0.05) is 18.9 Å². The number of ketones is 1. The van der Waals surface area contributed by atoms with Gasteiger partial charge in [0.1, 0.15) is 0 Å². The average molecular weight is 617 g/mol. The third-order valence-electron chi connectivity index (χ3n) is 8.05. The van der Waals surface area contributed by atoms with Gasteiger partial charge in [0.05, 0.1) is 51.5 Å². The summed E-state index contributed by atoms with van der Waals surface area (Å²) in [5, 5.41) is 4.09. The van der Waals surface area contributed by atoms with Gasteiger partial charge in [-0.15, -0.1) is 0 Å². The molecule has 224 valence electrons. The Bertz CT molecular complexity index is 1310. The molecule has 3 saturated carbocycles. The molecule has 2 bridgehead atoms. The second-order valence-electron chi connectivity index (χ2n) is 12.2. The second-order valence-corrected chi connectivity index (χ2v) is 13.0. The Labute approximate surface area is 246 Å². The van der Waals surface area contributed by atoms with Crippen molar-refractivity contribution in [3.8, 4) is 0 Å². The molecule has 0 N–H and O–H groups in total. The van der Waals surface area contributed by atoms with Crippen LogP contribution in [0.1, 0.15) is 92.6 Å². The van der Waals surface area contributed by atoms with Crippen LogP contribution in [0.5, 0.6) is 0 Å². The van der Waals surface area contributed by atoms with Crippen LogP contribution in [0.3, 0.4) is 0 Å².